The summed E-state index contributed by atoms with van der Waals surface area (Å²) in [4.78, 5) is 0. The Morgan fingerprint density at radius 3 is 2.17 bits per heavy atom. The van der Waals surface area contributed by atoms with Gasteiger partial charge in [-0.05, 0) is 20.8 Å². The van der Waals surface area contributed by atoms with Crippen LogP contribution < -0.4 is 0 Å². The Balaban J connectivity index is 4.51. The SMILES string of the molecule is CCS(=O)(=O)N(CCO)C(C)C. The van der Waals surface area contributed by atoms with Gasteiger partial charge in [-0.3, -0.25) is 0 Å². The van der Waals surface area contributed by atoms with Crippen molar-refractivity contribution in [2.24, 2.45) is 0 Å². The number of hydrogen-bond donors (Lipinski definition) is 1. The molecule has 0 atom stereocenters. The highest BCUT2D eigenvalue weighted by Crippen LogP contribution is 2.05. The first-order chi connectivity index (χ1) is 5.45. The standard InChI is InChI=1S/C7H17NO3S/c1-4-12(10,11)8(5-6-9)7(2)3/h7,9H,4-6H2,1-3H3. The van der Waals surface area contributed by atoms with E-state index < -0.39 is 10.0 Å². The lowest BCUT2D eigenvalue weighted by molar-refractivity contribution is 0.237. The van der Waals surface area contributed by atoms with Gasteiger partial charge in [0.2, 0.25) is 10.0 Å². The number of sulfonamides is 1. The Morgan fingerprint density at radius 2 is 1.92 bits per heavy atom. The summed E-state index contributed by atoms with van der Waals surface area (Å²) in [6.45, 7) is 5.25. The van der Waals surface area contributed by atoms with Gasteiger partial charge in [0, 0.05) is 12.6 Å². The van der Waals surface area contributed by atoms with E-state index in [4.69, 9.17) is 5.11 Å². The third kappa shape index (κ3) is 3.08. The molecule has 0 spiro atoms. The molecule has 5 heteroatoms. The van der Waals surface area contributed by atoms with Crippen LogP contribution in [0, 0.1) is 0 Å². The molecular weight excluding hydrogens is 178 g/mol. The molecule has 12 heavy (non-hydrogen) atoms. The largest absolute Gasteiger partial charge is 0.395 e. The summed E-state index contributed by atoms with van der Waals surface area (Å²) < 4.78 is 24.0. The van der Waals surface area contributed by atoms with Crippen LogP contribution in [-0.2, 0) is 10.0 Å². The first kappa shape index (κ1) is 11.9. The van der Waals surface area contributed by atoms with E-state index in [1.165, 1.54) is 4.31 Å². The number of aliphatic hydroxyl groups excluding tert-OH is 1. The molecule has 0 aromatic heterocycles. The van der Waals surface area contributed by atoms with E-state index in [1.807, 2.05) is 0 Å². The van der Waals surface area contributed by atoms with Crippen molar-refractivity contribution in [1.82, 2.24) is 4.31 Å². The van der Waals surface area contributed by atoms with Gasteiger partial charge < -0.3 is 5.11 Å². The number of aliphatic hydroxyl groups is 1. The average molecular weight is 195 g/mol. The topological polar surface area (TPSA) is 57.6 Å². The van der Waals surface area contributed by atoms with Crippen molar-refractivity contribution in [3.05, 3.63) is 0 Å². The lowest BCUT2D eigenvalue weighted by Crippen LogP contribution is -2.39. The molecule has 0 aromatic carbocycles. The van der Waals surface area contributed by atoms with Gasteiger partial charge in [-0.15, -0.1) is 0 Å². The van der Waals surface area contributed by atoms with Gasteiger partial charge >= 0.3 is 0 Å². The fraction of sp³-hybridized carbons (Fsp3) is 1.00. The Kier molecular flexibility index (Phi) is 4.74. The van der Waals surface area contributed by atoms with E-state index >= 15 is 0 Å². The molecule has 0 rings (SSSR count). The van der Waals surface area contributed by atoms with Crippen molar-refractivity contribution < 1.29 is 13.5 Å². The summed E-state index contributed by atoms with van der Waals surface area (Å²) in [5, 5.41) is 8.64. The Morgan fingerprint density at radius 1 is 1.42 bits per heavy atom. The molecule has 74 valence electrons. The highest BCUT2D eigenvalue weighted by Gasteiger charge is 2.21. The maximum Gasteiger partial charge on any atom is 0.214 e. The maximum atomic E-state index is 11.3. The van der Waals surface area contributed by atoms with Crippen molar-refractivity contribution in [3.63, 3.8) is 0 Å². The summed E-state index contributed by atoms with van der Waals surface area (Å²) in [6.07, 6.45) is 0. The van der Waals surface area contributed by atoms with Crippen LogP contribution >= 0.6 is 0 Å². The van der Waals surface area contributed by atoms with Gasteiger partial charge in [0.25, 0.3) is 0 Å². The minimum Gasteiger partial charge on any atom is -0.395 e. The minimum atomic E-state index is -3.15. The Bertz CT molecular complexity index is 211. The molecular formula is C7H17NO3S. The third-order valence-electron chi connectivity index (χ3n) is 1.62. The molecule has 0 aliphatic carbocycles. The molecule has 1 N–H and O–H groups in total. The first-order valence-corrected chi connectivity index (χ1v) is 5.67. The monoisotopic (exact) mass is 195 g/mol. The van der Waals surface area contributed by atoms with Crippen LogP contribution in [0.3, 0.4) is 0 Å². The van der Waals surface area contributed by atoms with E-state index in [9.17, 15) is 8.42 Å². The normalized spacial score (nSPS) is 12.8. The summed E-state index contributed by atoms with van der Waals surface area (Å²) >= 11 is 0. The quantitative estimate of drug-likeness (QED) is 0.674. The lowest BCUT2D eigenvalue weighted by Gasteiger charge is -2.24. The Hall–Kier alpha value is -0.130. The van der Waals surface area contributed by atoms with Crippen molar-refractivity contribution in [3.8, 4) is 0 Å². The van der Waals surface area contributed by atoms with Gasteiger partial charge in [0.05, 0.1) is 12.4 Å². The van der Waals surface area contributed by atoms with Crippen LogP contribution in [0.5, 0.6) is 0 Å². The molecule has 0 unspecified atom stereocenters. The van der Waals surface area contributed by atoms with Crippen molar-refractivity contribution in [1.29, 1.82) is 0 Å². The zero-order valence-corrected chi connectivity index (χ0v) is 8.63. The molecule has 0 aliphatic heterocycles. The summed E-state index contributed by atoms with van der Waals surface area (Å²) in [6, 6.07) is -0.0814. The van der Waals surface area contributed by atoms with Crippen molar-refractivity contribution in [2.75, 3.05) is 18.9 Å². The minimum absolute atomic E-state index is 0.0814. The van der Waals surface area contributed by atoms with Gasteiger partial charge in [0.1, 0.15) is 0 Å². The zero-order chi connectivity index (χ0) is 9.78. The molecule has 0 heterocycles. The second kappa shape index (κ2) is 4.79. The zero-order valence-electron chi connectivity index (χ0n) is 7.82. The second-order valence-corrected chi connectivity index (χ2v) is 5.04. The van der Waals surface area contributed by atoms with E-state index in [1.54, 1.807) is 20.8 Å². The van der Waals surface area contributed by atoms with Crippen LogP contribution in [-0.4, -0.2) is 42.8 Å². The van der Waals surface area contributed by atoms with Crippen LogP contribution in [0.4, 0.5) is 0 Å². The first-order valence-electron chi connectivity index (χ1n) is 4.06. The highest BCUT2D eigenvalue weighted by molar-refractivity contribution is 7.89. The van der Waals surface area contributed by atoms with Crippen molar-refractivity contribution in [2.45, 2.75) is 26.8 Å². The fourth-order valence-corrected chi connectivity index (χ4v) is 2.32. The molecule has 0 saturated heterocycles. The van der Waals surface area contributed by atoms with Crippen LogP contribution in [0.2, 0.25) is 0 Å². The summed E-state index contributed by atoms with van der Waals surface area (Å²) in [7, 11) is -3.15. The molecule has 0 amide bonds. The van der Waals surface area contributed by atoms with E-state index in [0.717, 1.165) is 0 Å². The van der Waals surface area contributed by atoms with Gasteiger partial charge in [-0.2, -0.15) is 4.31 Å². The lowest BCUT2D eigenvalue weighted by atomic mass is 10.4. The van der Waals surface area contributed by atoms with E-state index in [-0.39, 0.29) is 24.9 Å². The predicted molar refractivity (Wildman–Crippen MR) is 48.4 cm³/mol. The highest BCUT2D eigenvalue weighted by atomic mass is 32.2. The predicted octanol–water partition coefficient (Wildman–Crippen LogP) is 0.0388. The maximum absolute atomic E-state index is 11.3. The van der Waals surface area contributed by atoms with Crippen LogP contribution in [0.1, 0.15) is 20.8 Å². The molecule has 4 nitrogen and oxygen atoms in total. The van der Waals surface area contributed by atoms with Gasteiger partial charge in [-0.1, -0.05) is 0 Å². The molecule has 0 bridgehead atoms. The molecule has 0 aliphatic rings. The molecule has 0 aromatic rings. The van der Waals surface area contributed by atoms with Crippen molar-refractivity contribution >= 4 is 10.0 Å². The van der Waals surface area contributed by atoms with Gasteiger partial charge in [0.15, 0.2) is 0 Å². The molecule has 0 saturated carbocycles. The average Bonchev–Trinajstić information content (AvgIpc) is 1.99. The summed E-state index contributed by atoms with van der Waals surface area (Å²) in [5.41, 5.74) is 0. The van der Waals surface area contributed by atoms with E-state index in [2.05, 4.69) is 0 Å². The Labute approximate surface area is 74.2 Å². The third-order valence-corrected chi connectivity index (χ3v) is 3.67. The second-order valence-electron chi connectivity index (χ2n) is 2.83. The van der Waals surface area contributed by atoms with E-state index in [0.29, 0.717) is 0 Å². The number of nitrogens with zero attached hydrogens (tertiary/aromatic N) is 1. The number of rotatable bonds is 5. The van der Waals surface area contributed by atoms with Gasteiger partial charge in [-0.25, -0.2) is 8.42 Å². The molecule has 0 fully saturated rings. The number of hydrogen-bond acceptors (Lipinski definition) is 3. The smallest absolute Gasteiger partial charge is 0.214 e. The van der Waals surface area contributed by atoms with Crippen LogP contribution in [0.25, 0.3) is 0 Å². The molecule has 0 radical (unpaired) electrons. The summed E-state index contributed by atoms with van der Waals surface area (Å²) in [5.74, 6) is 0.0885. The van der Waals surface area contributed by atoms with Crippen LogP contribution in [0.15, 0.2) is 0 Å². The fourth-order valence-electron chi connectivity index (χ4n) is 0.983.